The van der Waals surface area contributed by atoms with Gasteiger partial charge >= 0.3 is 11.9 Å². The molecule has 0 bridgehead atoms. The average Bonchev–Trinajstić information content (AvgIpc) is 2.61. The number of carbonyl (C=O) groups is 3. The van der Waals surface area contributed by atoms with Crippen molar-refractivity contribution in [1.29, 1.82) is 0 Å². The van der Waals surface area contributed by atoms with Gasteiger partial charge in [-0.3, -0.25) is 4.48 Å². The van der Waals surface area contributed by atoms with E-state index >= 15 is 0 Å². The molecule has 27 heavy (non-hydrogen) atoms. The van der Waals surface area contributed by atoms with Crippen LogP contribution in [0.15, 0.2) is 12.2 Å². The smallest absolute Gasteiger partial charge is 0.362 e. The second-order valence-electron chi connectivity index (χ2n) is 7.23. The fourth-order valence-electron chi connectivity index (χ4n) is 3.51. The Hall–Kier alpha value is -1.89. The Kier molecular flexibility index (Phi) is 11.6. The number of nitrogens with zero attached hydrogens (tertiary/aromatic N) is 1. The van der Waals surface area contributed by atoms with Crippen LogP contribution in [0.25, 0.3) is 0 Å². The summed E-state index contributed by atoms with van der Waals surface area (Å²) in [6, 6.07) is -3.69. The summed E-state index contributed by atoms with van der Waals surface area (Å²) in [5.41, 5.74) is 0. The first kappa shape index (κ1) is 25.1. The molecule has 156 valence electrons. The van der Waals surface area contributed by atoms with Crippen LogP contribution in [0.2, 0.25) is 0 Å². The third kappa shape index (κ3) is 7.33. The van der Waals surface area contributed by atoms with Crippen LogP contribution in [0, 0.1) is 0 Å². The van der Waals surface area contributed by atoms with Crippen molar-refractivity contribution < 1.29 is 34.2 Å². The molecule has 0 fully saturated rings. The Morgan fingerprint density at radius 3 is 1.78 bits per heavy atom. The molecule has 0 saturated carbocycles. The van der Waals surface area contributed by atoms with E-state index in [2.05, 4.69) is 6.92 Å². The van der Waals surface area contributed by atoms with E-state index in [1.165, 1.54) is 46.5 Å². The summed E-state index contributed by atoms with van der Waals surface area (Å²) in [5.74, 6) is -3.93. The molecule has 0 aromatic carbocycles. The lowest BCUT2D eigenvalue weighted by Crippen LogP contribution is -2.71. The number of rotatable bonds is 15. The van der Waals surface area contributed by atoms with Gasteiger partial charge in [-0.1, -0.05) is 45.1 Å². The van der Waals surface area contributed by atoms with Gasteiger partial charge in [0.2, 0.25) is 0 Å². The molecule has 0 saturated heterocycles. The fourth-order valence-corrected chi connectivity index (χ4v) is 3.51. The molecule has 0 aromatic rings. The molecule has 0 aliphatic heterocycles. The zero-order valence-corrected chi connectivity index (χ0v) is 17.0. The van der Waals surface area contributed by atoms with Gasteiger partial charge in [0, 0.05) is 0 Å². The molecule has 0 aliphatic rings. The minimum absolute atomic E-state index is 0.00587. The maximum Gasteiger partial charge on any atom is 0.362 e. The fraction of sp³-hybridized carbons (Fsp3) is 0.750. The van der Waals surface area contributed by atoms with Crippen LogP contribution < -0.4 is 5.11 Å². The van der Waals surface area contributed by atoms with E-state index in [-0.39, 0.29) is 6.54 Å². The number of carboxylic acid groups (broad SMARTS) is 3. The van der Waals surface area contributed by atoms with Gasteiger partial charge in [-0.15, -0.1) is 0 Å². The third-order valence-electron chi connectivity index (χ3n) is 5.53. The summed E-state index contributed by atoms with van der Waals surface area (Å²) < 4.78 is -0.625. The van der Waals surface area contributed by atoms with Crippen molar-refractivity contribution in [3.05, 3.63) is 12.2 Å². The van der Waals surface area contributed by atoms with Crippen LogP contribution in [-0.4, -0.2) is 57.3 Å². The van der Waals surface area contributed by atoms with E-state index in [0.717, 1.165) is 19.3 Å². The molecule has 0 rings (SSSR count). The quantitative estimate of drug-likeness (QED) is 0.254. The summed E-state index contributed by atoms with van der Waals surface area (Å²) >= 11 is 0. The standard InChI is InChI=1S/C20H35NO6/c1-5-6-7-8-9-10-11-12-13-14-21(15(2)18(22)23,16(3)19(24)25)17(4)20(26)27/h12-13,15-17H,5-11,14H2,1-4H3,(H2-,22,23,24,25,26,27)/b13-12+. The molecule has 7 nitrogen and oxygen atoms in total. The van der Waals surface area contributed by atoms with Gasteiger partial charge in [0.05, 0.1) is 12.5 Å². The molecule has 0 amide bonds. The van der Waals surface area contributed by atoms with Gasteiger partial charge in [-0.2, -0.15) is 0 Å². The molecule has 0 heterocycles. The molecule has 3 unspecified atom stereocenters. The van der Waals surface area contributed by atoms with E-state index < -0.39 is 40.5 Å². The number of unbranched alkanes of at least 4 members (excludes halogenated alkanes) is 6. The number of aliphatic carboxylic acids is 3. The van der Waals surface area contributed by atoms with Crippen LogP contribution in [0.1, 0.15) is 72.6 Å². The normalized spacial score (nSPS) is 17.2. The lowest BCUT2D eigenvalue weighted by Gasteiger charge is -2.48. The minimum Gasteiger partial charge on any atom is -0.544 e. The zero-order chi connectivity index (χ0) is 21.0. The van der Waals surface area contributed by atoms with Gasteiger partial charge in [-0.05, 0) is 39.7 Å². The lowest BCUT2D eigenvalue weighted by molar-refractivity contribution is -0.964. The summed E-state index contributed by atoms with van der Waals surface area (Å²) in [7, 11) is 0. The first-order chi connectivity index (χ1) is 12.6. The van der Waals surface area contributed by atoms with E-state index in [4.69, 9.17) is 0 Å². The molecule has 7 heteroatoms. The molecule has 0 spiro atoms. The predicted octanol–water partition coefficient (Wildman–Crippen LogP) is 2.19. The largest absolute Gasteiger partial charge is 0.544 e. The van der Waals surface area contributed by atoms with Crippen LogP contribution in [0.5, 0.6) is 0 Å². The number of hydrogen-bond donors (Lipinski definition) is 2. The van der Waals surface area contributed by atoms with Crippen LogP contribution in [0.4, 0.5) is 0 Å². The molecular formula is C20H35NO6. The molecule has 2 N–H and O–H groups in total. The highest BCUT2D eigenvalue weighted by Crippen LogP contribution is 2.26. The highest BCUT2D eigenvalue weighted by atomic mass is 16.4. The Morgan fingerprint density at radius 2 is 1.33 bits per heavy atom. The van der Waals surface area contributed by atoms with Crippen molar-refractivity contribution in [2.75, 3.05) is 6.54 Å². The lowest BCUT2D eigenvalue weighted by atomic mass is 10.0. The van der Waals surface area contributed by atoms with E-state index in [1.807, 2.05) is 6.08 Å². The summed E-state index contributed by atoms with van der Waals surface area (Å²) in [4.78, 5) is 34.8. The van der Waals surface area contributed by atoms with Crippen molar-refractivity contribution in [3.8, 4) is 0 Å². The second-order valence-corrected chi connectivity index (χ2v) is 7.23. The third-order valence-corrected chi connectivity index (χ3v) is 5.53. The van der Waals surface area contributed by atoms with Gasteiger partial charge in [-0.25, -0.2) is 9.59 Å². The molecular weight excluding hydrogens is 350 g/mol. The van der Waals surface area contributed by atoms with Crippen molar-refractivity contribution in [2.24, 2.45) is 0 Å². The van der Waals surface area contributed by atoms with Gasteiger partial charge in [0.25, 0.3) is 0 Å². The average molecular weight is 386 g/mol. The number of carboxylic acids is 3. The number of hydrogen-bond acceptors (Lipinski definition) is 4. The topological polar surface area (TPSA) is 115 Å². The predicted molar refractivity (Wildman–Crippen MR) is 101 cm³/mol. The van der Waals surface area contributed by atoms with Crippen LogP contribution in [0.3, 0.4) is 0 Å². The zero-order valence-electron chi connectivity index (χ0n) is 17.0. The van der Waals surface area contributed by atoms with Crippen molar-refractivity contribution in [2.45, 2.75) is 90.8 Å². The van der Waals surface area contributed by atoms with Crippen molar-refractivity contribution in [1.82, 2.24) is 0 Å². The van der Waals surface area contributed by atoms with E-state index in [9.17, 15) is 29.7 Å². The van der Waals surface area contributed by atoms with E-state index in [1.54, 1.807) is 6.08 Å². The van der Waals surface area contributed by atoms with Crippen molar-refractivity contribution >= 4 is 17.9 Å². The molecule has 0 aromatic heterocycles. The number of quaternary nitrogens is 1. The van der Waals surface area contributed by atoms with Gasteiger partial charge in [0.15, 0.2) is 12.1 Å². The first-order valence-electron chi connectivity index (χ1n) is 9.81. The maximum absolute atomic E-state index is 11.6. The summed E-state index contributed by atoms with van der Waals surface area (Å²) in [6.45, 7) is 6.18. The van der Waals surface area contributed by atoms with Crippen LogP contribution in [-0.2, 0) is 14.4 Å². The van der Waals surface area contributed by atoms with E-state index in [0.29, 0.717) is 0 Å². The molecule has 0 aliphatic carbocycles. The van der Waals surface area contributed by atoms with Crippen LogP contribution >= 0.6 is 0 Å². The molecule has 3 atom stereocenters. The summed E-state index contributed by atoms with van der Waals surface area (Å²) in [6.07, 6.45) is 11.3. The van der Waals surface area contributed by atoms with Crippen molar-refractivity contribution in [3.63, 3.8) is 0 Å². The molecule has 0 radical (unpaired) electrons. The van der Waals surface area contributed by atoms with Gasteiger partial charge < -0.3 is 20.1 Å². The number of allylic oxidation sites excluding steroid dienone is 1. The second kappa shape index (κ2) is 12.5. The summed E-state index contributed by atoms with van der Waals surface area (Å²) in [5, 5.41) is 30.5. The Labute approximate surface area is 162 Å². The minimum atomic E-state index is -1.46. The van der Waals surface area contributed by atoms with Gasteiger partial charge in [0.1, 0.15) is 6.04 Å². The highest BCUT2D eigenvalue weighted by Gasteiger charge is 2.50. The monoisotopic (exact) mass is 385 g/mol. The Bertz CT molecular complexity index is 466. The number of carbonyl (C=O) groups excluding carboxylic acids is 1. The Balaban J connectivity index is 5.24. The Morgan fingerprint density at radius 1 is 0.852 bits per heavy atom. The first-order valence-corrected chi connectivity index (χ1v) is 9.81. The highest BCUT2D eigenvalue weighted by molar-refractivity contribution is 5.77. The maximum atomic E-state index is 11.6. The SMILES string of the molecule is CCCCCCCC/C=C/C[N+](C(C)C(=O)[O-])(C(C)C(=O)O)C(C)C(=O)O.